The van der Waals surface area contributed by atoms with Crippen LogP contribution in [0.1, 0.15) is 106 Å². The van der Waals surface area contributed by atoms with Crippen LogP contribution in [-0.4, -0.2) is 0 Å². The van der Waals surface area contributed by atoms with Gasteiger partial charge in [0.2, 0.25) is 0 Å². The molecule has 0 heteroatoms. The molecule has 0 radical (unpaired) electrons. The first-order valence-electron chi connectivity index (χ1n) is 12.5. The second-order valence-corrected chi connectivity index (χ2v) is 9.17. The highest BCUT2D eigenvalue weighted by molar-refractivity contribution is 5.37. The van der Waals surface area contributed by atoms with E-state index in [1.165, 1.54) is 87.3 Å². The minimum Gasteiger partial charge on any atom is -0.0945 e. The van der Waals surface area contributed by atoms with Gasteiger partial charge in [0, 0.05) is 11.5 Å². The third-order valence-corrected chi connectivity index (χ3v) is 6.66. The van der Waals surface area contributed by atoms with Crippen molar-refractivity contribution in [3.63, 3.8) is 0 Å². The Bertz CT molecular complexity index is 777. The molecular weight excluding hydrogens is 360 g/mol. The molecule has 0 N–H and O–H groups in total. The molecule has 3 rings (SSSR count). The summed E-state index contributed by atoms with van der Waals surface area (Å²) >= 11 is 0. The number of unbranched alkanes of at least 4 members (excludes halogenated alkanes) is 4. The normalized spacial score (nSPS) is 18.6. The maximum Gasteiger partial charge on any atom is 0.0245 e. The van der Waals surface area contributed by atoms with Gasteiger partial charge >= 0.3 is 0 Å². The Hall–Kier alpha value is -2.00. The molecule has 30 heavy (non-hydrogen) atoms. The number of aryl methyl sites for hydroxylation is 2. The lowest BCUT2D eigenvalue weighted by molar-refractivity contribution is 0.384. The molecule has 1 fully saturated rings. The van der Waals surface area contributed by atoms with Gasteiger partial charge < -0.3 is 0 Å². The number of hydrogen-bond donors (Lipinski definition) is 0. The van der Waals surface area contributed by atoms with E-state index in [1.807, 2.05) is 0 Å². The highest BCUT2D eigenvalue weighted by Crippen LogP contribution is 2.35. The van der Waals surface area contributed by atoms with Crippen molar-refractivity contribution in [2.24, 2.45) is 5.92 Å². The van der Waals surface area contributed by atoms with E-state index in [2.05, 4.69) is 74.2 Å². The van der Waals surface area contributed by atoms with Gasteiger partial charge in [-0.15, -0.1) is 0 Å². The lowest BCUT2D eigenvalue weighted by atomic mass is 9.78. The van der Waals surface area contributed by atoms with Crippen molar-refractivity contribution in [2.75, 3.05) is 0 Å². The zero-order valence-electron chi connectivity index (χ0n) is 19.3. The molecule has 0 spiro atoms. The van der Waals surface area contributed by atoms with Crippen molar-refractivity contribution in [2.45, 2.75) is 96.8 Å². The number of hydrogen-bond acceptors (Lipinski definition) is 0. The summed E-state index contributed by atoms with van der Waals surface area (Å²) in [6.45, 7) is 4.51. The predicted molar refractivity (Wildman–Crippen MR) is 131 cm³/mol. The van der Waals surface area contributed by atoms with E-state index in [-0.39, 0.29) is 0 Å². The minimum absolute atomic E-state index is 0.568. The van der Waals surface area contributed by atoms with Crippen LogP contribution in [0.25, 0.3) is 0 Å². The minimum atomic E-state index is 0.568. The van der Waals surface area contributed by atoms with Crippen LogP contribution in [0.15, 0.2) is 48.5 Å². The predicted octanol–water partition coefficient (Wildman–Crippen LogP) is 8.48. The van der Waals surface area contributed by atoms with Gasteiger partial charge in [-0.05, 0) is 79.7 Å². The lowest BCUT2D eigenvalue weighted by Crippen LogP contribution is -2.12. The lowest BCUT2D eigenvalue weighted by Gasteiger charge is -2.26. The first kappa shape index (κ1) is 22.7. The van der Waals surface area contributed by atoms with Crippen LogP contribution in [0.5, 0.6) is 0 Å². The van der Waals surface area contributed by atoms with Crippen LogP contribution in [-0.2, 0) is 12.8 Å². The molecule has 0 atom stereocenters. The van der Waals surface area contributed by atoms with Crippen LogP contribution >= 0.6 is 0 Å². The summed E-state index contributed by atoms with van der Waals surface area (Å²) in [6, 6.07) is 18.4. The molecular formula is C30H40. The quantitative estimate of drug-likeness (QED) is 0.292. The highest BCUT2D eigenvalue weighted by Gasteiger charge is 2.21. The molecule has 1 aliphatic rings. The standard InChI is InChI=1S/C30H40/c1-3-5-6-7-8-10-26-17-21-29(22-18-26)30-23-19-28(20-24-30)16-15-27-13-11-25(9-4-2)12-14-27/h11-14,17-18,21-22,28,30H,3-10,19-20,23-24H2,1-2H3/t28-,30-. The van der Waals surface area contributed by atoms with Gasteiger partial charge in [-0.1, -0.05) is 94.2 Å². The van der Waals surface area contributed by atoms with Gasteiger partial charge in [-0.25, -0.2) is 0 Å². The van der Waals surface area contributed by atoms with E-state index in [9.17, 15) is 0 Å². The van der Waals surface area contributed by atoms with Gasteiger partial charge in [0.1, 0.15) is 0 Å². The van der Waals surface area contributed by atoms with Crippen molar-refractivity contribution in [1.82, 2.24) is 0 Å². The summed E-state index contributed by atoms with van der Waals surface area (Å²) in [7, 11) is 0. The van der Waals surface area contributed by atoms with Gasteiger partial charge in [-0.3, -0.25) is 0 Å². The van der Waals surface area contributed by atoms with Gasteiger partial charge in [-0.2, -0.15) is 0 Å². The van der Waals surface area contributed by atoms with Crippen molar-refractivity contribution >= 4 is 0 Å². The maximum absolute atomic E-state index is 3.56. The van der Waals surface area contributed by atoms with Crippen molar-refractivity contribution in [3.8, 4) is 11.8 Å². The molecule has 0 unspecified atom stereocenters. The molecule has 1 saturated carbocycles. The van der Waals surface area contributed by atoms with E-state index < -0.39 is 0 Å². The molecule has 0 saturated heterocycles. The fraction of sp³-hybridized carbons (Fsp3) is 0.533. The Kier molecular flexibility index (Phi) is 9.56. The first-order valence-corrected chi connectivity index (χ1v) is 12.5. The Morgan fingerprint density at radius 2 is 1.30 bits per heavy atom. The van der Waals surface area contributed by atoms with E-state index in [4.69, 9.17) is 0 Å². The summed E-state index contributed by atoms with van der Waals surface area (Å²) < 4.78 is 0. The Labute approximate surface area is 185 Å². The van der Waals surface area contributed by atoms with Crippen molar-refractivity contribution in [3.05, 3.63) is 70.8 Å². The fourth-order valence-electron chi connectivity index (χ4n) is 4.69. The fourth-order valence-corrected chi connectivity index (χ4v) is 4.69. The second-order valence-electron chi connectivity index (χ2n) is 9.17. The summed E-state index contributed by atoms with van der Waals surface area (Å²) in [6.07, 6.45) is 15.5. The van der Waals surface area contributed by atoms with E-state index in [1.54, 1.807) is 5.56 Å². The third kappa shape index (κ3) is 7.36. The van der Waals surface area contributed by atoms with Gasteiger partial charge in [0.15, 0.2) is 0 Å². The highest BCUT2D eigenvalue weighted by atomic mass is 14.2. The largest absolute Gasteiger partial charge is 0.0945 e. The monoisotopic (exact) mass is 400 g/mol. The van der Waals surface area contributed by atoms with Gasteiger partial charge in [0.25, 0.3) is 0 Å². The molecule has 0 aliphatic heterocycles. The first-order chi connectivity index (χ1) is 14.8. The Balaban J connectivity index is 1.43. The average molecular weight is 401 g/mol. The summed E-state index contributed by atoms with van der Waals surface area (Å²) in [4.78, 5) is 0. The summed E-state index contributed by atoms with van der Waals surface area (Å²) in [5.74, 6) is 8.29. The van der Waals surface area contributed by atoms with Crippen LogP contribution in [0.3, 0.4) is 0 Å². The number of benzene rings is 2. The van der Waals surface area contributed by atoms with Crippen LogP contribution in [0, 0.1) is 17.8 Å². The van der Waals surface area contributed by atoms with Crippen molar-refractivity contribution < 1.29 is 0 Å². The molecule has 0 heterocycles. The smallest absolute Gasteiger partial charge is 0.0245 e. The molecule has 2 aromatic carbocycles. The van der Waals surface area contributed by atoms with Crippen LogP contribution in [0.2, 0.25) is 0 Å². The molecule has 0 amide bonds. The number of rotatable bonds is 9. The Morgan fingerprint density at radius 1 is 0.667 bits per heavy atom. The molecule has 1 aliphatic carbocycles. The maximum atomic E-state index is 3.56. The van der Waals surface area contributed by atoms with Gasteiger partial charge in [0.05, 0.1) is 0 Å². The summed E-state index contributed by atoms with van der Waals surface area (Å²) in [5.41, 5.74) is 5.65. The Morgan fingerprint density at radius 3 is 1.97 bits per heavy atom. The third-order valence-electron chi connectivity index (χ3n) is 6.66. The van der Waals surface area contributed by atoms with E-state index >= 15 is 0 Å². The molecule has 0 nitrogen and oxygen atoms in total. The van der Waals surface area contributed by atoms with E-state index in [0.29, 0.717) is 5.92 Å². The van der Waals surface area contributed by atoms with Crippen molar-refractivity contribution in [1.29, 1.82) is 0 Å². The van der Waals surface area contributed by atoms with Crippen LogP contribution in [0.4, 0.5) is 0 Å². The molecule has 0 aromatic heterocycles. The molecule has 160 valence electrons. The zero-order valence-corrected chi connectivity index (χ0v) is 19.3. The molecule has 0 bridgehead atoms. The van der Waals surface area contributed by atoms with Crippen LogP contribution < -0.4 is 0 Å². The van der Waals surface area contributed by atoms with E-state index in [0.717, 1.165) is 12.3 Å². The average Bonchev–Trinajstić information content (AvgIpc) is 2.79. The zero-order chi connectivity index (χ0) is 21.0. The molecule has 2 aromatic rings. The SMILES string of the molecule is CCCCCCCc1ccc([C@H]2CC[C@H](C#Cc3ccc(CCC)cc3)CC2)cc1. The summed E-state index contributed by atoms with van der Waals surface area (Å²) in [5, 5.41) is 0. The topological polar surface area (TPSA) is 0 Å². The second kappa shape index (κ2) is 12.6.